The fraction of sp³-hybridized carbons (Fsp3) is 0.562. The number of aromatic nitrogens is 3. The Hall–Kier alpha value is -4.50. The highest BCUT2D eigenvalue weighted by atomic mass is 32.1. The van der Waals surface area contributed by atoms with Gasteiger partial charge in [0.2, 0.25) is 11.8 Å². The number of methoxy groups -OCH3 is 1. The lowest BCUT2D eigenvalue weighted by molar-refractivity contribution is -0.712. The van der Waals surface area contributed by atoms with Crippen LogP contribution in [0.1, 0.15) is 76.8 Å². The third-order valence-corrected chi connectivity index (χ3v) is 17.2. The van der Waals surface area contributed by atoms with Gasteiger partial charge >= 0.3 is 12.0 Å². The molecule has 19 heteroatoms. The van der Waals surface area contributed by atoms with Crippen LogP contribution in [0.3, 0.4) is 0 Å². The molecule has 0 aliphatic carbocycles. The normalized spacial score (nSPS) is 24.0. The summed E-state index contributed by atoms with van der Waals surface area (Å²) in [7, 11) is 3.21. The second-order valence-electron chi connectivity index (χ2n) is 19.6. The zero-order valence-corrected chi connectivity index (χ0v) is 42.4. The predicted octanol–water partition coefficient (Wildman–Crippen LogP) is 5.52. The Morgan fingerprint density at radius 1 is 1.09 bits per heavy atom. The number of aryl methyl sites for hydroxylation is 1. The number of ether oxygens (including phenoxy) is 2. The van der Waals surface area contributed by atoms with Crippen LogP contribution in [0.2, 0.25) is 10.6 Å². The molecule has 3 fully saturated rings. The number of ketones is 1. The van der Waals surface area contributed by atoms with E-state index in [0.29, 0.717) is 37.4 Å². The second kappa shape index (κ2) is 19.1. The molecule has 6 bridgehead atoms. The Bertz CT molecular complexity index is 2570. The van der Waals surface area contributed by atoms with E-state index in [4.69, 9.17) is 32.3 Å². The summed E-state index contributed by atoms with van der Waals surface area (Å²) >= 11 is 6.36. The third-order valence-electron chi connectivity index (χ3n) is 13.9. The zero-order chi connectivity index (χ0) is 48.2. The number of nitrogens with one attached hydrogen (secondary N) is 1. The van der Waals surface area contributed by atoms with Crippen molar-refractivity contribution >= 4 is 74.2 Å². The van der Waals surface area contributed by atoms with Crippen molar-refractivity contribution in [3.05, 3.63) is 58.2 Å². The molecule has 8 rings (SSSR count). The summed E-state index contributed by atoms with van der Waals surface area (Å²) in [5, 5.41) is 13.5. The van der Waals surface area contributed by atoms with Gasteiger partial charge in [-0.1, -0.05) is 33.8 Å². The molecule has 4 amide bonds. The van der Waals surface area contributed by atoms with E-state index in [0.717, 1.165) is 44.7 Å². The van der Waals surface area contributed by atoms with Crippen molar-refractivity contribution in [2.24, 2.45) is 11.3 Å². The SMILES string of the molecule is CCn1c(-c2cccnc2[C@H](C)OC)c2c3cc(ccc31)-c1csc(n1)C[C@@]1([Si][C@@H]1C(=O)[C@H](C(C)C)[N+](C)(S)C(=O)N1CCN(C(=O)CO)CC1)C(=O)N1CCC[C@H](N1)C(=O)OCC(C)(C)C2. The number of likely N-dealkylation sites (N-methyl/N-ethyl adjacent to an activating group) is 1. The molecule has 2 radical (unpaired) electrons. The summed E-state index contributed by atoms with van der Waals surface area (Å²) in [6.45, 7) is 13.7. The number of carbonyl (C=O) groups excluding carboxylic acids is 5. The van der Waals surface area contributed by atoms with E-state index in [1.165, 1.54) is 21.2 Å². The molecule has 4 aliphatic heterocycles. The molecule has 4 aromatic rings. The molecular formula is C48H63N8O8S2Si+. The molecule has 67 heavy (non-hydrogen) atoms. The number of rotatable bonds is 9. The first-order valence-electron chi connectivity index (χ1n) is 23.3. The van der Waals surface area contributed by atoms with E-state index < -0.39 is 50.4 Å². The standard InChI is InChI=1S/C48H63N8O8S2Si/c1-9-54-36-15-14-30-22-32(36)33(40(54)31-12-10-16-49-39(31)29(4)63-8)23-47(5,6)27-64-44(60)34-13-11-17-55(51-34)45(61)48(24-37-50-35(30)26-66-37)43(67-48)42(59)41(28(2)3)56(7,65)46(62)53-20-18-52(19-21-53)38(58)25-57/h10,12,14-16,22,26,28-29,34,41,43,51,57,65H,9,11,13,17-21,23-25,27H2,1-8H3/q+1/t29-,34-,41-,43+,48-,56?/m0/s1. The molecule has 3 saturated heterocycles. The number of thiol groups is 1. The minimum Gasteiger partial charge on any atom is -0.464 e. The Morgan fingerprint density at radius 2 is 1.82 bits per heavy atom. The highest BCUT2D eigenvalue weighted by Crippen LogP contribution is 2.62. The van der Waals surface area contributed by atoms with Crippen molar-refractivity contribution in [3.63, 3.8) is 0 Å². The Balaban J connectivity index is 1.18. The number of carbonyl (C=O) groups is 5. The van der Waals surface area contributed by atoms with Crippen LogP contribution in [-0.2, 0) is 48.0 Å². The molecule has 1 aromatic carbocycles. The Labute approximate surface area is 404 Å². The summed E-state index contributed by atoms with van der Waals surface area (Å²) in [6, 6.07) is 8.40. The average Bonchev–Trinajstić information content (AvgIpc) is 3.72. The fourth-order valence-electron chi connectivity index (χ4n) is 10.4. The number of amides is 4. The number of Topliss-reactive ketones (excluding diaryl/α,β-unsaturated/α-hetero) is 1. The van der Waals surface area contributed by atoms with Crippen LogP contribution in [0, 0.1) is 11.3 Å². The molecule has 1 spiro atoms. The minimum absolute atomic E-state index is 0.0959. The maximum atomic E-state index is 15.1. The summed E-state index contributed by atoms with van der Waals surface area (Å²) < 4.78 is 13.7. The Morgan fingerprint density at radius 3 is 2.51 bits per heavy atom. The molecule has 6 atom stereocenters. The van der Waals surface area contributed by atoms with Gasteiger partial charge < -0.3 is 24.0 Å². The van der Waals surface area contributed by atoms with Crippen molar-refractivity contribution in [2.75, 3.05) is 60.1 Å². The van der Waals surface area contributed by atoms with E-state index in [-0.39, 0.29) is 78.5 Å². The van der Waals surface area contributed by atoms with Crippen molar-refractivity contribution in [1.82, 2.24) is 34.8 Å². The number of esters is 1. The highest BCUT2D eigenvalue weighted by molar-refractivity contribution is 7.74. The van der Waals surface area contributed by atoms with Crippen molar-refractivity contribution in [1.29, 1.82) is 0 Å². The topological polar surface area (TPSA) is 176 Å². The predicted molar refractivity (Wildman–Crippen MR) is 259 cm³/mol. The number of aliphatic hydroxyl groups excluding tert-OH is 1. The van der Waals surface area contributed by atoms with Crippen molar-refractivity contribution < 1.29 is 42.4 Å². The molecule has 0 saturated carbocycles. The number of hydrogen-bond acceptors (Lipinski definition) is 13. The maximum Gasteiger partial charge on any atom is 0.431 e. The summed E-state index contributed by atoms with van der Waals surface area (Å²) in [5.41, 5.74) is 8.67. The quantitative estimate of drug-likeness (QED) is 0.0834. The first-order chi connectivity index (χ1) is 31.8. The number of cyclic esters (lactones) is 1. The van der Waals surface area contributed by atoms with E-state index in [9.17, 15) is 19.5 Å². The number of quaternary nitrogens is 1. The third kappa shape index (κ3) is 9.24. The van der Waals surface area contributed by atoms with E-state index in [2.05, 4.69) is 55.0 Å². The largest absolute Gasteiger partial charge is 0.464 e. The Kier molecular flexibility index (Phi) is 14.0. The summed E-state index contributed by atoms with van der Waals surface area (Å²) in [4.78, 5) is 83.7. The van der Waals surface area contributed by atoms with Gasteiger partial charge in [-0.25, -0.2) is 15.2 Å². The molecule has 4 aliphatic rings. The van der Waals surface area contributed by atoms with Crippen LogP contribution in [-0.4, -0.2) is 150 Å². The summed E-state index contributed by atoms with van der Waals surface area (Å²) in [6.07, 6.45) is 3.34. The smallest absolute Gasteiger partial charge is 0.431 e. The van der Waals surface area contributed by atoms with Crippen LogP contribution in [0.4, 0.5) is 4.79 Å². The molecule has 7 heterocycles. The van der Waals surface area contributed by atoms with Crippen LogP contribution in [0.15, 0.2) is 41.9 Å². The minimum atomic E-state index is -1.16. The molecule has 3 aromatic heterocycles. The van der Waals surface area contributed by atoms with Crippen molar-refractivity contribution in [2.45, 2.75) is 103 Å². The van der Waals surface area contributed by atoms with Crippen LogP contribution >= 0.6 is 24.2 Å². The number of thiazole rings is 1. The monoisotopic (exact) mass is 971 g/mol. The lowest BCUT2D eigenvalue weighted by atomic mass is 9.84. The fourth-order valence-corrected chi connectivity index (χ4v) is 13.6. The number of hydrogen-bond donors (Lipinski definition) is 3. The first-order valence-corrected chi connectivity index (χ1v) is 25.6. The number of piperazine rings is 1. The van der Waals surface area contributed by atoms with Gasteiger partial charge in [-0.2, -0.15) is 3.89 Å². The number of fused-ring (bicyclic) bond motifs is 6. The number of aliphatic hydroxyl groups is 1. The lowest BCUT2D eigenvalue weighted by Gasteiger charge is -2.41. The van der Waals surface area contributed by atoms with Crippen LogP contribution < -0.4 is 5.43 Å². The number of benzene rings is 1. The average molecular weight is 972 g/mol. The molecule has 2 N–H and O–H groups in total. The number of hydrazine groups is 1. The van der Waals surface area contributed by atoms with Crippen molar-refractivity contribution in [3.8, 4) is 22.5 Å². The van der Waals surface area contributed by atoms with Gasteiger partial charge in [0.25, 0.3) is 0 Å². The van der Waals surface area contributed by atoms with Gasteiger partial charge in [-0.05, 0) is 62.9 Å². The number of pyridine rings is 1. The van der Waals surface area contributed by atoms with Gasteiger partial charge in [0.1, 0.15) is 12.6 Å². The summed E-state index contributed by atoms with van der Waals surface area (Å²) in [5.74, 6) is -1.67. The van der Waals surface area contributed by atoms with E-state index >= 15 is 9.59 Å². The van der Waals surface area contributed by atoms with Gasteiger partial charge in [-0.15, -0.1) is 11.3 Å². The van der Waals surface area contributed by atoms with Gasteiger partial charge in [0.15, 0.2) is 11.8 Å². The van der Waals surface area contributed by atoms with E-state index in [1.54, 1.807) is 25.3 Å². The zero-order valence-electron chi connectivity index (χ0n) is 39.7. The molecule has 16 nitrogen and oxygen atoms in total. The molecule has 358 valence electrons. The number of nitrogens with zero attached hydrogens (tertiary/aromatic N) is 7. The van der Waals surface area contributed by atoms with Gasteiger partial charge in [0.05, 0.1) is 69.2 Å². The van der Waals surface area contributed by atoms with Crippen LogP contribution in [0.5, 0.6) is 0 Å². The van der Waals surface area contributed by atoms with Gasteiger partial charge in [-0.3, -0.25) is 34.1 Å². The molecular weight excluding hydrogens is 909 g/mol. The molecule has 1 unspecified atom stereocenters. The highest BCUT2D eigenvalue weighted by Gasteiger charge is 2.68. The lowest BCUT2D eigenvalue weighted by Crippen LogP contribution is -2.62. The first kappa shape index (κ1) is 48.9. The van der Waals surface area contributed by atoms with Crippen LogP contribution in [0.25, 0.3) is 33.4 Å². The maximum absolute atomic E-state index is 15.1. The van der Waals surface area contributed by atoms with Gasteiger partial charge in [0, 0.05) is 103 Å². The number of urea groups is 1. The van der Waals surface area contributed by atoms with E-state index in [1.807, 2.05) is 32.2 Å². The second-order valence-corrected chi connectivity index (χ2v) is 23.2.